The van der Waals surface area contributed by atoms with E-state index in [2.05, 4.69) is 13.2 Å². The number of amides is 2. The van der Waals surface area contributed by atoms with Crippen molar-refractivity contribution in [1.82, 2.24) is 4.90 Å². The fraction of sp³-hybridized carbons (Fsp3) is 0.378. The number of rotatable bonds is 13. The molecule has 1 spiro atoms. The van der Waals surface area contributed by atoms with Gasteiger partial charge in [-0.3, -0.25) is 14.4 Å². The number of likely N-dealkylation sites (tertiary alicyclic amines) is 1. The highest BCUT2D eigenvalue weighted by Gasteiger charge is 2.75. The Balaban J connectivity index is 1.40. The van der Waals surface area contributed by atoms with Crippen LogP contribution in [0.3, 0.4) is 0 Å². The lowest BCUT2D eigenvalue weighted by molar-refractivity contribution is -0.156. The highest BCUT2D eigenvalue weighted by Crippen LogP contribution is 2.60. The summed E-state index contributed by atoms with van der Waals surface area (Å²) in [6, 6.07) is 21.0. The lowest BCUT2D eigenvalue weighted by Crippen LogP contribution is -2.57. The minimum absolute atomic E-state index is 0.200. The number of aliphatic hydroxyl groups excluding tert-OH is 1. The SMILES string of the molecule is C=CCCCCOC(=O)[C@@H]1[C@H]2C(=O)N([C@H](CO)c3ccccc3)C(C(=O)N(CC=C)c3ccc4ccccc4c3)C23CC[C@H]1O3. The van der Waals surface area contributed by atoms with Gasteiger partial charge in [0.05, 0.1) is 37.2 Å². The second-order valence-electron chi connectivity index (χ2n) is 12.1. The van der Waals surface area contributed by atoms with Crippen LogP contribution in [-0.2, 0) is 23.9 Å². The Bertz CT molecular complexity index is 1590. The smallest absolute Gasteiger partial charge is 0.312 e. The lowest BCUT2D eigenvalue weighted by Gasteiger charge is -2.39. The number of benzene rings is 3. The van der Waals surface area contributed by atoms with Crippen molar-refractivity contribution in [3.63, 3.8) is 0 Å². The van der Waals surface area contributed by atoms with Crippen molar-refractivity contribution in [2.45, 2.75) is 55.9 Å². The number of nitrogens with zero attached hydrogens (tertiary/aromatic N) is 2. The summed E-state index contributed by atoms with van der Waals surface area (Å²) in [7, 11) is 0. The third-order valence-corrected chi connectivity index (χ3v) is 9.61. The molecule has 8 nitrogen and oxygen atoms in total. The molecule has 6 atom stereocenters. The second-order valence-corrected chi connectivity index (χ2v) is 12.1. The van der Waals surface area contributed by atoms with Crippen LogP contribution in [0.1, 0.15) is 43.7 Å². The Kier molecular flexibility index (Phi) is 8.88. The van der Waals surface area contributed by atoms with Gasteiger partial charge in [-0.15, -0.1) is 13.2 Å². The maximum Gasteiger partial charge on any atom is 0.312 e. The maximum atomic E-state index is 15.0. The molecule has 3 aromatic carbocycles. The molecule has 2 unspecified atom stereocenters. The molecular weight excluding hydrogens is 568 g/mol. The van der Waals surface area contributed by atoms with Gasteiger partial charge in [0.15, 0.2) is 0 Å². The molecule has 0 saturated carbocycles. The van der Waals surface area contributed by atoms with E-state index in [0.717, 1.165) is 23.6 Å². The highest BCUT2D eigenvalue weighted by atomic mass is 16.6. The summed E-state index contributed by atoms with van der Waals surface area (Å²) in [5.74, 6) is -2.90. The predicted octanol–water partition coefficient (Wildman–Crippen LogP) is 5.37. The Morgan fingerprint density at radius 1 is 1.04 bits per heavy atom. The first-order valence-electron chi connectivity index (χ1n) is 15.8. The zero-order valence-electron chi connectivity index (χ0n) is 25.4. The Labute approximate surface area is 263 Å². The number of allylic oxidation sites excluding steroid dienone is 1. The summed E-state index contributed by atoms with van der Waals surface area (Å²) in [6.45, 7) is 7.69. The van der Waals surface area contributed by atoms with E-state index < -0.39 is 48.2 Å². The number of aliphatic hydroxyl groups is 1. The fourth-order valence-electron chi connectivity index (χ4n) is 7.61. The van der Waals surface area contributed by atoms with Gasteiger partial charge in [-0.05, 0) is 60.6 Å². The van der Waals surface area contributed by atoms with Crippen LogP contribution in [0.25, 0.3) is 10.8 Å². The van der Waals surface area contributed by atoms with Crippen molar-refractivity contribution in [2.24, 2.45) is 11.8 Å². The van der Waals surface area contributed by atoms with Gasteiger partial charge in [-0.1, -0.05) is 72.8 Å². The number of esters is 1. The molecule has 1 N–H and O–H groups in total. The summed E-state index contributed by atoms with van der Waals surface area (Å²) < 4.78 is 12.3. The molecule has 0 aliphatic carbocycles. The van der Waals surface area contributed by atoms with Crippen molar-refractivity contribution in [3.8, 4) is 0 Å². The van der Waals surface area contributed by atoms with Crippen LogP contribution in [0.2, 0.25) is 0 Å². The maximum absolute atomic E-state index is 15.0. The Hall–Kier alpha value is -4.27. The molecule has 3 fully saturated rings. The largest absolute Gasteiger partial charge is 0.465 e. The first-order valence-corrected chi connectivity index (χ1v) is 15.8. The summed E-state index contributed by atoms with van der Waals surface area (Å²) in [5, 5.41) is 12.8. The van der Waals surface area contributed by atoms with Crippen LogP contribution < -0.4 is 4.90 Å². The minimum atomic E-state index is -1.23. The molecule has 2 amide bonds. The molecule has 3 aliphatic heterocycles. The van der Waals surface area contributed by atoms with Gasteiger partial charge in [0.25, 0.3) is 5.91 Å². The van der Waals surface area contributed by atoms with E-state index in [-0.39, 0.29) is 25.0 Å². The predicted molar refractivity (Wildman–Crippen MR) is 172 cm³/mol. The Morgan fingerprint density at radius 3 is 2.53 bits per heavy atom. The fourth-order valence-corrected chi connectivity index (χ4v) is 7.61. The molecule has 8 heteroatoms. The number of hydrogen-bond acceptors (Lipinski definition) is 6. The van der Waals surface area contributed by atoms with E-state index >= 15 is 0 Å². The van der Waals surface area contributed by atoms with Crippen molar-refractivity contribution >= 4 is 34.2 Å². The molecule has 0 radical (unpaired) electrons. The van der Waals surface area contributed by atoms with Gasteiger partial charge in [-0.25, -0.2) is 0 Å². The van der Waals surface area contributed by atoms with Crippen LogP contribution in [0.4, 0.5) is 5.69 Å². The van der Waals surface area contributed by atoms with Crippen LogP contribution in [0.15, 0.2) is 98.1 Å². The van der Waals surface area contributed by atoms with E-state index in [9.17, 15) is 19.5 Å². The highest BCUT2D eigenvalue weighted by molar-refractivity contribution is 6.05. The van der Waals surface area contributed by atoms with Crippen molar-refractivity contribution in [1.29, 1.82) is 0 Å². The van der Waals surface area contributed by atoms with Gasteiger partial charge in [-0.2, -0.15) is 0 Å². The monoisotopic (exact) mass is 608 g/mol. The summed E-state index contributed by atoms with van der Waals surface area (Å²) in [5.41, 5.74) is 0.123. The number of unbranched alkanes of at least 4 members (excludes halogenated alkanes) is 2. The number of hydrogen-bond donors (Lipinski definition) is 1. The normalized spacial score (nSPS) is 25.6. The van der Waals surface area contributed by atoms with E-state index in [1.54, 1.807) is 11.0 Å². The number of carbonyl (C=O) groups excluding carboxylic acids is 3. The summed E-state index contributed by atoms with van der Waals surface area (Å²) >= 11 is 0. The molecule has 6 rings (SSSR count). The van der Waals surface area contributed by atoms with Gasteiger partial charge < -0.3 is 24.4 Å². The molecular formula is C37H40N2O6. The quantitative estimate of drug-likeness (QED) is 0.159. The second kappa shape index (κ2) is 13.0. The van der Waals surface area contributed by atoms with E-state index in [4.69, 9.17) is 9.47 Å². The average molecular weight is 609 g/mol. The minimum Gasteiger partial charge on any atom is -0.465 e. The van der Waals surface area contributed by atoms with E-state index in [0.29, 0.717) is 30.5 Å². The van der Waals surface area contributed by atoms with Crippen molar-refractivity contribution < 1.29 is 29.0 Å². The number of ether oxygens (including phenoxy) is 2. The van der Waals surface area contributed by atoms with E-state index in [1.165, 1.54) is 4.90 Å². The van der Waals surface area contributed by atoms with Crippen LogP contribution in [0.5, 0.6) is 0 Å². The first kappa shape index (κ1) is 30.7. The molecule has 45 heavy (non-hydrogen) atoms. The van der Waals surface area contributed by atoms with Gasteiger partial charge in [0.2, 0.25) is 5.91 Å². The molecule has 2 bridgehead atoms. The number of fused-ring (bicyclic) bond motifs is 2. The summed E-state index contributed by atoms with van der Waals surface area (Å²) in [6.07, 6.45) is 6.31. The zero-order chi connectivity index (χ0) is 31.6. The summed E-state index contributed by atoms with van der Waals surface area (Å²) in [4.78, 5) is 46.3. The van der Waals surface area contributed by atoms with Gasteiger partial charge in [0, 0.05) is 12.2 Å². The van der Waals surface area contributed by atoms with Gasteiger partial charge >= 0.3 is 5.97 Å². The third-order valence-electron chi connectivity index (χ3n) is 9.61. The van der Waals surface area contributed by atoms with Crippen molar-refractivity contribution in [2.75, 3.05) is 24.7 Å². The zero-order valence-corrected chi connectivity index (χ0v) is 25.4. The number of anilines is 1. The van der Waals surface area contributed by atoms with Crippen LogP contribution in [0, 0.1) is 11.8 Å². The van der Waals surface area contributed by atoms with E-state index in [1.807, 2.05) is 78.9 Å². The topological polar surface area (TPSA) is 96.4 Å². The van der Waals surface area contributed by atoms with Crippen LogP contribution >= 0.6 is 0 Å². The van der Waals surface area contributed by atoms with Crippen LogP contribution in [-0.4, -0.2) is 65.3 Å². The third kappa shape index (κ3) is 5.36. The van der Waals surface area contributed by atoms with Gasteiger partial charge in [0.1, 0.15) is 11.6 Å². The molecule has 0 aromatic heterocycles. The Morgan fingerprint density at radius 2 is 1.80 bits per heavy atom. The molecule has 234 valence electrons. The number of carbonyl (C=O) groups is 3. The molecule has 3 aliphatic rings. The average Bonchev–Trinajstić information content (AvgIpc) is 3.71. The standard InChI is InChI=1S/C37H40N2O6/c1-3-5-6-12-22-44-36(43)31-30-19-20-37(45-30)32(31)34(41)39(29(24-40)26-14-8-7-9-15-26)33(37)35(42)38(21-4-2)28-18-17-25-13-10-11-16-27(25)23-28/h3-4,7-11,13-18,23,29-33,40H,1-2,5-6,12,19-22,24H2/t29-,30-,31+,32+,33?,37?/m1/s1. The lowest BCUT2D eigenvalue weighted by atomic mass is 9.70. The molecule has 3 aromatic rings. The molecule has 3 heterocycles. The molecule has 3 saturated heterocycles. The first-order chi connectivity index (χ1) is 21.9. The van der Waals surface area contributed by atoms with Crippen molar-refractivity contribution in [3.05, 3.63) is 104 Å².